The summed E-state index contributed by atoms with van der Waals surface area (Å²) in [4.78, 5) is 26.9. The molecule has 0 bridgehead atoms. The number of benzene rings is 2. The molecular formula is C18H11ClFNO3. The van der Waals surface area contributed by atoms with Gasteiger partial charge in [-0.3, -0.25) is 9.59 Å². The number of carbonyl (C=O) groups is 1. The molecule has 0 atom stereocenters. The fraction of sp³-hybridized carbons (Fsp3) is 0.111. The molecule has 0 aliphatic carbocycles. The first-order valence-electron chi connectivity index (χ1n) is 7.38. The average Bonchev–Trinajstić information content (AvgIpc) is 2.58. The highest BCUT2D eigenvalue weighted by atomic mass is 35.5. The summed E-state index contributed by atoms with van der Waals surface area (Å²) in [6.07, 6.45) is 0.364. The van der Waals surface area contributed by atoms with Gasteiger partial charge in [0.25, 0.3) is 5.91 Å². The highest BCUT2D eigenvalue weighted by molar-refractivity contribution is 6.34. The fourth-order valence-corrected chi connectivity index (χ4v) is 3.15. The van der Waals surface area contributed by atoms with Crippen LogP contribution in [0.15, 0.2) is 51.7 Å². The second kappa shape index (κ2) is 5.46. The van der Waals surface area contributed by atoms with Crippen molar-refractivity contribution in [3.8, 4) is 0 Å². The Labute approximate surface area is 141 Å². The third kappa shape index (κ3) is 2.20. The lowest BCUT2D eigenvalue weighted by atomic mass is 10.0. The van der Waals surface area contributed by atoms with E-state index in [4.69, 9.17) is 16.0 Å². The summed E-state index contributed by atoms with van der Waals surface area (Å²) in [5.41, 5.74) is 0.875. The molecule has 2 aromatic carbocycles. The highest BCUT2D eigenvalue weighted by Gasteiger charge is 2.31. The van der Waals surface area contributed by atoms with Crippen LogP contribution in [-0.4, -0.2) is 12.5 Å². The Morgan fingerprint density at radius 2 is 1.83 bits per heavy atom. The Morgan fingerprint density at radius 1 is 1.08 bits per heavy atom. The van der Waals surface area contributed by atoms with Crippen LogP contribution in [-0.2, 0) is 6.42 Å². The Bertz CT molecular complexity index is 1030. The van der Waals surface area contributed by atoms with Gasteiger partial charge in [-0.05, 0) is 42.8 Å². The van der Waals surface area contributed by atoms with E-state index in [1.165, 1.54) is 29.2 Å². The molecule has 0 spiro atoms. The molecule has 0 N–H and O–H groups in total. The molecule has 2 heterocycles. The molecule has 0 saturated carbocycles. The van der Waals surface area contributed by atoms with E-state index in [1.54, 1.807) is 18.2 Å². The predicted molar refractivity (Wildman–Crippen MR) is 89.3 cm³/mol. The van der Waals surface area contributed by atoms with Crippen LogP contribution in [0.1, 0.15) is 16.1 Å². The van der Waals surface area contributed by atoms with Gasteiger partial charge in [-0.1, -0.05) is 17.7 Å². The molecular weight excluding hydrogens is 333 g/mol. The van der Waals surface area contributed by atoms with Crippen molar-refractivity contribution in [3.05, 3.63) is 74.9 Å². The van der Waals surface area contributed by atoms with E-state index < -0.39 is 5.91 Å². The van der Waals surface area contributed by atoms with Crippen LogP contribution < -0.4 is 10.3 Å². The van der Waals surface area contributed by atoms with Gasteiger partial charge in [0, 0.05) is 12.2 Å². The van der Waals surface area contributed by atoms with Crippen LogP contribution in [0.3, 0.4) is 0 Å². The second-order valence-electron chi connectivity index (χ2n) is 5.54. The van der Waals surface area contributed by atoms with Gasteiger partial charge >= 0.3 is 0 Å². The Hall–Kier alpha value is -2.66. The maximum Gasteiger partial charge on any atom is 0.294 e. The van der Waals surface area contributed by atoms with Gasteiger partial charge in [-0.2, -0.15) is 0 Å². The van der Waals surface area contributed by atoms with Crippen molar-refractivity contribution >= 4 is 34.2 Å². The van der Waals surface area contributed by atoms with E-state index in [0.29, 0.717) is 29.6 Å². The maximum absolute atomic E-state index is 13.1. The van der Waals surface area contributed by atoms with Gasteiger partial charge in [0.05, 0.1) is 16.0 Å². The number of carbonyl (C=O) groups excluding carboxylic acids is 1. The Balaban J connectivity index is 1.88. The summed E-state index contributed by atoms with van der Waals surface area (Å²) >= 11 is 6.09. The SMILES string of the molecule is O=C1c2oc3c(Cl)cccc3c(=O)c2CCN1c1ccc(F)cc1. The largest absolute Gasteiger partial charge is 0.449 e. The summed E-state index contributed by atoms with van der Waals surface area (Å²) < 4.78 is 18.8. The lowest BCUT2D eigenvalue weighted by Gasteiger charge is -2.27. The molecule has 0 unspecified atom stereocenters. The van der Waals surface area contributed by atoms with Crippen LogP contribution in [0.4, 0.5) is 10.1 Å². The van der Waals surface area contributed by atoms with Crippen LogP contribution >= 0.6 is 11.6 Å². The summed E-state index contributed by atoms with van der Waals surface area (Å²) in [6.45, 7) is 0.328. The molecule has 1 aliphatic heterocycles. The first-order chi connectivity index (χ1) is 11.6. The smallest absolute Gasteiger partial charge is 0.294 e. The average molecular weight is 344 g/mol. The van der Waals surface area contributed by atoms with Gasteiger partial charge in [0.1, 0.15) is 5.82 Å². The summed E-state index contributed by atoms with van der Waals surface area (Å²) in [5, 5.41) is 0.642. The van der Waals surface area contributed by atoms with Crippen LogP contribution in [0.5, 0.6) is 0 Å². The molecule has 0 saturated heterocycles. The number of hydrogen-bond donors (Lipinski definition) is 0. The van der Waals surface area contributed by atoms with Gasteiger partial charge in [0.15, 0.2) is 16.8 Å². The summed E-state index contributed by atoms with van der Waals surface area (Å²) in [5.74, 6) is -0.814. The monoisotopic (exact) mass is 343 g/mol. The van der Waals surface area contributed by atoms with Gasteiger partial charge in [-0.15, -0.1) is 0 Å². The van der Waals surface area contributed by atoms with Crippen LogP contribution in [0, 0.1) is 5.82 Å². The van der Waals surface area contributed by atoms with E-state index in [1.807, 2.05) is 0 Å². The van der Waals surface area contributed by atoms with Gasteiger partial charge in [-0.25, -0.2) is 4.39 Å². The number of hydrogen-bond acceptors (Lipinski definition) is 3. The number of rotatable bonds is 1. The van der Waals surface area contributed by atoms with E-state index in [-0.39, 0.29) is 27.6 Å². The van der Waals surface area contributed by atoms with E-state index >= 15 is 0 Å². The van der Waals surface area contributed by atoms with Crippen molar-refractivity contribution in [1.29, 1.82) is 0 Å². The number of halogens is 2. The van der Waals surface area contributed by atoms with E-state index in [9.17, 15) is 14.0 Å². The van der Waals surface area contributed by atoms with Crippen LogP contribution in [0.2, 0.25) is 5.02 Å². The van der Waals surface area contributed by atoms with Crippen molar-refractivity contribution in [2.24, 2.45) is 0 Å². The first kappa shape index (κ1) is 14.9. The zero-order chi connectivity index (χ0) is 16.8. The lowest BCUT2D eigenvalue weighted by Crippen LogP contribution is -2.40. The van der Waals surface area contributed by atoms with Crippen molar-refractivity contribution in [1.82, 2.24) is 0 Å². The van der Waals surface area contributed by atoms with Crippen molar-refractivity contribution in [2.45, 2.75) is 6.42 Å². The van der Waals surface area contributed by atoms with Gasteiger partial charge < -0.3 is 9.32 Å². The standard InChI is InChI=1S/C18H11ClFNO3/c19-14-3-1-2-12-15(22)13-8-9-21(11-6-4-10(20)5-7-11)18(23)17(13)24-16(12)14/h1-7H,8-9H2. The Kier molecular flexibility index (Phi) is 3.39. The van der Waals surface area contributed by atoms with Crippen LogP contribution in [0.25, 0.3) is 11.0 Å². The third-order valence-electron chi connectivity index (χ3n) is 4.13. The minimum Gasteiger partial charge on any atom is -0.449 e. The van der Waals surface area contributed by atoms with Crippen molar-refractivity contribution < 1.29 is 13.6 Å². The zero-order valence-corrected chi connectivity index (χ0v) is 13.1. The zero-order valence-electron chi connectivity index (χ0n) is 12.4. The van der Waals surface area contributed by atoms with Crippen molar-refractivity contribution in [3.63, 3.8) is 0 Å². The highest BCUT2D eigenvalue weighted by Crippen LogP contribution is 2.28. The number of anilines is 1. The van der Waals surface area contributed by atoms with Crippen molar-refractivity contribution in [2.75, 3.05) is 11.4 Å². The molecule has 24 heavy (non-hydrogen) atoms. The number of fused-ring (bicyclic) bond motifs is 2. The normalized spacial score (nSPS) is 14.1. The molecule has 3 aromatic rings. The maximum atomic E-state index is 13.1. The first-order valence-corrected chi connectivity index (χ1v) is 7.75. The minimum atomic E-state index is -0.429. The second-order valence-corrected chi connectivity index (χ2v) is 5.95. The third-order valence-corrected chi connectivity index (χ3v) is 4.42. The van der Waals surface area contributed by atoms with Gasteiger partial charge in [0.2, 0.25) is 0 Å². The molecule has 120 valence electrons. The quantitative estimate of drug-likeness (QED) is 0.675. The molecule has 0 fully saturated rings. The fourth-order valence-electron chi connectivity index (χ4n) is 2.94. The lowest BCUT2D eigenvalue weighted by molar-refractivity contribution is 0.0952. The van der Waals surface area contributed by atoms with E-state index in [0.717, 1.165) is 0 Å². The number of nitrogens with zero attached hydrogens (tertiary/aromatic N) is 1. The number of amides is 1. The molecule has 4 rings (SSSR count). The molecule has 1 aliphatic rings. The molecule has 4 nitrogen and oxygen atoms in total. The summed E-state index contributed by atoms with van der Waals surface area (Å²) in [7, 11) is 0. The molecule has 0 radical (unpaired) electrons. The topological polar surface area (TPSA) is 50.5 Å². The molecule has 1 amide bonds. The Morgan fingerprint density at radius 3 is 2.58 bits per heavy atom. The molecule has 1 aromatic heterocycles. The molecule has 6 heteroatoms. The number of para-hydroxylation sites is 1. The predicted octanol–water partition coefficient (Wildman–Crippen LogP) is 3.79. The minimum absolute atomic E-state index is 0.00354. The summed E-state index contributed by atoms with van der Waals surface area (Å²) in [6, 6.07) is 10.5. The van der Waals surface area contributed by atoms with E-state index in [2.05, 4.69) is 0 Å².